The first kappa shape index (κ1) is 23.1. The summed E-state index contributed by atoms with van der Waals surface area (Å²) < 4.78 is 7.22. The Morgan fingerprint density at radius 1 is 1.18 bits per heavy atom. The third-order valence-corrected chi connectivity index (χ3v) is 10.7. The molecule has 4 aliphatic rings. The quantitative estimate of drug-likeness (QED) is 0.670. The molecule has 4 fully saturated rings. The molecule has 1 N–H and O–H groups in total. The number of methoxy groups -OCH3 is 1. The standard InChI is InChI=1S/C28H40N2O3/c1-5-20-15-30(18-29-20)16-25(31)24-9-8-22-21-7-6-19-14-28(32,17-33-4)13-12-26(19,2)23(21)10-11-27(22,24)3/h1,15,18-19,21-24,32H,6-14,16-17H2,2-4H3/t19-,21-,22-,23-,24+,26-,27-,28+/m0/s1. The van der Waals surface area contributed by atoms with E-state index in [2.05, 4.69) is 24.8 Å². The number of Topliss-reactive ketones (excluding diaryl/α,β-unsaturated/α-hetero) is 1. The highest BCUT2D eigenvalue weighted by Gasteiger charge is 2.62. The van der Waals surface area contributed by atoms with Crippen molar-refractivity contribution in [3.8, 4) is 12.3 Å². The number of hydrogen-bond acceptors (Lipinski definition) is 4. The summed E-state index contributed by atoms with van der Waals surface area (Å²) in [7, 11) is 1.70. The second-order valence-corrected chi connectivity index (χ2v) is 12.2. The second kappa shape index (κ2) is 8.24. The number of fused-ring (bicyclic) bond motifs is 5. The van der Waals surface area contributed by atoms with Gasteiger partial charge in [-0.3, -0.25) is 4.79 Å². The number of rotatable bonds is 5. The number of terminal acetylenes is 1. The highest BCUT2D eigenvalue weighted by molar-refractivity contribution is 5.82. The summed E-state index contributed by atoms with van der Waals surface area (Å²) in [6.07, 6.45) is 18.8. The van der Waals surface area contributed by atoms with Gasteiger partial charge >= 0.3 is 0 Å². The number of aromatic nitrogens is 2. The van der Waals surface area contributed by atoms with Crippen LogP contribution in [-0.4, -0.2) is 39.8 Å². The highest BCUT2D eigenvalue weighted by Crippen LogP contribution is 2.68. The zero-order valence-electron chi connectivity index (χ0n) is 20.6. The van der Waals surface area contributed by atoms with Crippen LogP contribution in [0.15, 0.2) is 12.5 Å². The van der Waals surface area contributed by atoms with Gasteiger partial charge in [0.15, 0.2) is 5.78 Å². The minimum absolute atomic E-state index is 0.114. The summed E-state index contributed by atoms with van der Waals surface area (Å²) in [4.78, 5) is 17.6. The second-order valence-electron chi connectivity index (χ2n) is 12.2. The molecular weight excluding hydrogens is 412 g/mol. The molecule has 8 atom stereocenters. The Morgan fingerprint density at radius 2 is 1.97 bits per heavy atom. The predicted molar refractivity (Wildman–Crippen MR) is 127 cm³/mol. The SMILES string of the molecule is C#Cc1cn(CC(=O)[C@H]2CC[C@H]3[C@@H]4CC[C@H]5C[C@@](O)(COC)CC[C@]5(C)[C@H]4CC[C@]23C)cn1. The average Bonchev–Trinajstić information content (AvgIpc) is 3.38. The summed E-state index contributed by atoms with van der Waals surface area (Å²) in [5.41, 5.74) is 0.373. The predicted octanol–water partition coefficient (Wildman–Crippen LogP) is 4.47. The van der Waals surface area contributed by atoms with E-state index in [1.165, 1.54) is 25.7 Å². The molecule has 5 nitrogen and oxygen atoms in total. The van der Waals surface area contributed by atoms with Crippen molar-refractivity contribution in [2.75, 3.05) is 13.7 Å². The number of carbonyl (C=O) groups excluding carboxylic acids is 1. The first-order valence-electron chi connectivity index (χ1n) is 12.9. The Hall–Kier alpha value is -1.64. The van der Waals surface area contributed by atoms with Crippen molar-refractivity contribution < 1.29 is 14.6 Å². The molecule has 33 heavy (non-hydrogen) atoms. The zero-order chi connectivity index (χ0) is 23.4. The van der Waals surface area contributed by atoms with E-state index in [9.17, 15) is 9.90 Å². The van der Waals surface area contributed by atoms with Gasteiger partial charge in [0.05, 0.1) is 25.1 Å². The molecule has 0 aliphatic heterocycles. The number of aliphatic hydroxyl groups is 1. The number of nitrogens with zero attached hydrogens (tertiary/aromatic N) is 2. The van der Waals surface area contributed by atoms with Crippen molar-refractivity contribution in [1.82, 2.24) is 9.55 Å². The molecular formula is C28H40N2O3. The smallest absolute Gasteiger partial charge is 0.156 e. The van der Waals surface area contributed by atoms with Gasteiger partial charge in [-0.05, 0) is 98.2 Å². The van der Waals surface area contributed by atoms with E-state index in [1.54, 1.807) is 19.6 Å². The molecule has 4 aliphatic carbocycles. The minimum atomic E-state index is -0.646. The third-order valence-electron chi connectivity index (χ3n) is 10.7. The van der Waals surface area contributed by atoms with Crippen LogP contribution in [0.4, 0.5) is 0 Å². The molecule has 0 amide bonds. The zero-order valence-corrected chi connectivity index (χ0v) is 20.6. The number of carbonyl (C=O) groups is 1. The number of imidazole rings is 1. The summed E-state index contributed by atoms with van der Waals surface area (Å²) in [6, 6.07) is 0. The molecule has 0 saturated heterocycles. The first-order chi connectivity index (χ1) is 15.7. The van der Waals surface area contributed by atoms with Crippen molar-refractivity contribution in [3.63, 3.8) is 0 Å². The van der Waals surface area contributed by atoms with Gasteiger partial charge in [-0.2, -0.15) is 0 Å². The molecule has 1 heterocycles. The van der Waals surface area contributed by atoms with Crippen LogP contribution in [0, 0.1) is 52.8 Å². The number of ketones is 1. The molecule has 1 aromatic rings. The third kappa shape index (κ3) is 3.69. The maximum Gasteiger partial charge on any atom is 0.156 e. The molecule has 1 aromatic heterocycles. The van der Waals surface area contributed by atoms with Crippen LogP contribution in [0.1, 0.15) is 77.3 Å². The molecule has 0 aromatic carbocycles. The molecule has 0 bridgehead atoms. The van der Waals surface area contributed by atoms with Crippen molar-refractivity contribution in [2.24, 2.45) is 40.4 Å². The number of ether oxygens (including phenoxy) is 1. The van der Waals surface area contributed by atoms with Crippen LogP contribution < -0.4 is 0 Å². The Bertz CT molecular complexity index is 949. The maximum absolute atomic E-state index is 13.4. The topological polar surface area (TPSA) is 64.4 Å². The highest BCUT2D eigenvalue weighted by atomic mass is 16.5. The largest absolute Gasteiger partial charge is 0.387 e. The molecule has 0 spiro atoms. The summed E-state index contributed by atoms with van der Waals surface area (Å²) >= 11 is 0. The van der Waals surface area contributed by atoms with E-state index in [1.807, 2.05) is 4.57 Å². The normalized spacial score (nSPS) is 44.4. The van der Waals surface area contributed by atoms with E-state index < -0.39 is 5.60 Å². The van der Waals surface area contributed by atoms with Crippen LogP contribution in [0.25, 0.3) is 0 Å². The van der Waals surface area contributed by atoms with Gasteiger partial charge in [-0.15, -0.1) is 6.42 Å². The Kier molecular flexibility index (Phi) is 5.77. The van der Waals surface area contributed by atoms with Crippen LogP contribution in [0.3, 0.4) is 0 Å². The Balaban J connectivity index is 1.31. The van der Waals surface area contributed by atoms with Crippen molar-refractivity contribution in [3.05, 3.63) is 18.2 Å². The molecule has 4 saturated carbocycles. The fourth-order valence-electron chi connectivity index (χ4n) is 9.06. The van der Waals surface area contributed by atoms with Crippen LogP contribution in [-0.2, 0) is 16.1 Å². The van der Waals surface area contributed by atoms with Crippen molar-refractivity contribution in [2.45, 2.75) is 83.8 Å². The van der Waals surface area contributed by atoms with Gasteiger partial charge in [0.1, 0.15) is 5.69 Å². The van der Waals surface area contributed by atoms with Gasteiger partial charge in [-0.1, -0.05) is 13.8 Å². The van der Waals surface area contributed by atoms with Gasteiger partial charge in [0.2, 0.25) is 0 Å². The van der Waals surface area contributed by atoms with E-state index in [-0.39, 0.29) is 11.3 Å². The van der Waals surface area contributed by atoms with Crippen LogP contribution in [0.2, 0.25) is 0 Å². The maximum atomic E-state index is 13.4. The first-order valence-corrected chi connectivity index (χ1v) is 12.9. The van der Waals surface area contributed by atoms with E-state index in [0.717, 1.165) is 43.9 Å². The molecule has 180 valence electrons. The molecule has 5 heteroatoms. The van der Waals surface area contributed by atoms with Gasteiger partial charge in [-0.25, -0.2) is 4.98 Å². The van der Waals surface area contributed by atoms with Crippen molar-refractivity contribution >= 4 is 5.78 Å². The van der Waals surface area contributed by atoms with E-state index >= 15 is 0 Å². The van der Waals surface area contributed by atoms with Crippen molar-refractivity contribution in [1.29, 1.82) is 0 Å². The summed E-state index contributed by atoms with van der Waals surface area (Å²) in [6.45, 7) is 5.77. The lowest BCUT2D eigenvalue weighted by Crippen LogP contribution is -2.56. The van der Waals surface area contributed by atoms with Crippen LogP contribution in [0.5, 0.6) is 0 Å². The van der Waals surface area contributed by atoms with E-state index in [0.29, 0.717) is 41.9 Å². The minimum Gasteiger partial charge on any atom is -0.387 e. The number of hydrogen-bond donors (Lipinski definition) is 1. The summed E-state index contributed by atoms with van der Waals surface area (Å²) in [5, 5.41) is 11.1. The van der Waals surface area contributed by atoms with Gasteiger partial charge in [0, 0.05) is 19.2 Å². The lowest BCUT2D eigenvalue weighted by atomic mass is 9.44. The molecule has 0 unspecified atom stereocenters. The average molecular weight is 453 g/mol. The van der Waals surface area contributed by atoms with E-state index in [4.69, 9.17) is 11.2 Å². The summed E-state index contributed by atoms with van der Waals surface area (Å²) in [5.74, 6) is 5.71. The molecule has 5 rings (SSSR count). The lowest BCUT2D eigenvalue weighted by Gasteiger charge is -2.62. The lowest BCUT2D eigenvalue weighted by molar-refractivity contribution is -0.164. The fraction of sp³-hybridized carbons (Fsp3) is 0.786. The Morgan fingerprint density at radius 3 is 2.70 bits per heavy atom. The van der Waals surface area contributed by atoms with Gasteiger partial charge < -0.3 is 14.4 Å². The molecule has 0 radical (unpaired) electrons. The Labute approximate surface area is 198 Å². The van der Waals surface area contributed by atoms with Gasteiger partial charge in [0.25, 0.3) is 0 Å². The monoisotopic (exact) mass is 452 g/mol. The fourth-order valence-corrected chi connectivity index (χ4v) is 9.06. The van der Waals surface area contributed by atoms with Crippen LogP contribution >= 0.6 is 0 Å².